The van der Waals surface area contributed by atoms with Gasteiger partial charge in [-0.25, -0.2) is 0 Å². The Hall–Kier alpha value is -2.02. The Bertz CT molecular complexity index is 485. The first kappa shape index (κ1) is 12.4. The van der Waals surface area contributed by atoms with Crippen LogP contribution in [-0.4, -0.2) is 0 Å². The summed E-state index contributed by atoms with van der Waals surface area (Å²) in [4.78, 5) is 0. The van der Waals surface area contributed by atoms with Crippen molar-refractivity contribution in [2.45, 2.75) is 19.3 Å². The van der Waals surface area contributed by atoms with Crippen molar-refractivity contribution in [2.24, 2.45) is 0 Å². The third-order valence-electron chi connectivity index (χ3n) is 2.95. The van der Waals surface area contributed by atoms with Gasteiger partial charge in [-0.3, -0.25) is 0 Å². The van der Waals surface area contributed by atoms with Crippen LogP contribution >= 0.6 is 0 Å². The van der Waals surface area contributed by atoms with E-state index in [4.69, 9.17) is 4.74 Å². The molecule has 2 rings (SSSR count). The van der Waals surface area contributed by atoms with E-state index in [0.717, 1.165) is 17.9 Å². The van der Waals surface area contributed by atoms with Gasteiger partial charge in [-0.2, -0.15) is 0 Å². The molecule has 0 aliphatic heterocycles. The highest BCUT2D eigenvalue weighted by molar-refractivity contribution is 5.34. The summed E-state index contributed by atoms with van der Waals surface area (Å²) in [5, 5.41) is 0. The summed E-state index contributed by atoms with van der Waals surface area (Å²) in [5.74, 6) is 2.24. The molecule has 2 aromatic carbocycles. The molecule has 0 aliphatic rings. The number of hydrogen-bond donors (Lipinski definition) is 0. The predicted octanol–water partition coefficient (Wildman–Crippen LogP) is 5.16. The average Bonchev–Trinajstić information content (AvgIpc) is 2.41. The summed E-state index contributed by atoms with van der Waals surface area (Å²) in [5.41, 5.74) is 1.32. The van der Waals surface area contributed by atoms with Gasteiger partial charge in [0.25, 0.3) is 0 Å². The molecule has 0 fully saturated rings. The fourth-order valence-corrected chi connectivity index (χ4v) is 1.88. The molecule has 2 aromatic rings. The molecule has 92 valence electrons. The topological polar surface area (TPSA) is 9.23 Å². The Morgan fingerprint density at radius 2 is 1.61 bits per heavy atom. The minimum Gasteiger partial charge on any atom is -0.457 e. The standard InChI is InChI=1S/C17H18O/c1-3-7-14(2)15-10-12-17(13-11-15)18-16-8-5-4-6-9-16/h3-6,8-14H,1,7H2,2H3. The highest BCUT2D eigenvalue weighted by atomic mass is 16.5. The van der Waals surface area contributed by atoms with Crippen molar-refractivity contribution >= 4 is 0 Å². The third kappa shape index (κ3) is 3.24. The van der Waals surface area contributed by atoms with E-state index in [1.807, 2.05) is 48.5 Å². The van der Waals surface area contributed by atoms with Crippen LogP contribution in [0.5, 0.6) is 11.5 Å². The van der Waals surface area contributed by atoms with Crippen molar-refractivity contribution in [3.05, 3.63) is 72.8 Å². The Kier molecular flexibility index (Phi) is 4.19. The Morgan fingerprint density at radius 1 is 1.00 bits per heavy atom. The summed E-state index contributed by atoms with van der Waals surface area (Å²) in [7, 11) is 0. The van der Waals surface area contributed by atoms with E-state index in [0.29, 0.717) is 5.92 Å². The van der Waals surface area contributed by atoms with E-state index in [9.17, 15) is 0 Å². The van der Waals surface area contributed by atoms with Crippen LogP contribution < -0.4 is 4.74 Å². The van der Waals surface area contributed by atoms with Gasteiger partial charge in [0.05, 0.1) is 0 Å². The third-order valence-corrected chi connectivity index (χ3v) is 2.95. The van der Waals surface area contributed by atoms with Gasteiger partial charge in [-0.05, 0) is 42.2 Å². The Morgan fingerprint density at radius 3 is 2.22 bits per heavy atom. The lowest BCUT2D eigenvalue weighted by molar-refractivity contribution is 0.482. The number of hydrogen-bond acceptors (Lipinski definition) is 1. The zero-order chi connectivity index (χ0) is 12.8. The van der Waals surface area contributed by atoms with Crippen LogP contribution in [0.25, 0.3) is 0 Å². The molecule has 1 nitrogen and oxygen atoms in total. The number of rotatable bonds is 5. The summed E-state index contributed by atoms with van der Waals surface area (Å²) < 4.78 is 5.75. The first-order valence-electron chi connectivity index (χ1n) is 6.23. The van der Waals surface area contributed by atoms with Crippen LogP contribution in [0.2, 0.25) is 0 Å². The Labute approximate surface area is 109 Å². The molecule has 1 atom stereocenters. The van der Waals surface area contributed by atoms with Crippen molar-refractivity contribution in [1.29, 1.82) is 0 Å². The van der Waals surface area contributed by atoms with E-state index in [2.05, 4.69) is 25.6 Å². The molecule has 0 saturated carbocycles. The zero-order valence-electron chi connectivity index (χ0n) is 10.7. The fraction of sp³-hybridized carbons (Fsp3) is 0.176. The molecule has 1 heteroatoms. The molecule has 0 heterocycles. The molecule has 0 aromatic heterocycles. The first-order chi connectivity index (χ1) is 8.79. The van der Waals surface area contributed by atoms with Crippen molar-refractivity contribution < 1.29 is 4.74 Å². The van der Waals surface area contributed by atoms with Crippen LogP contribution in [0.4, 0.5) is 0 Å². The maximum atomic E-state index is 5.75. The molecule has 1 unspecified atom stereocenters. The molecule has 0 spiro atoms. The number of para-hydroxylation sites is 1. The van der Waals surface area contributed by atoms with Crippen molar-refractivity contribution in [1.82, 2.24) is 0 Å². The minimum absolute atomic E-state index is 0.508. The van der Waals surface area contributed by atoms with Crippen molar-refractivity contribution in [2.75, 3.05) is 0 Å². The molecule has 18 heavy (non-hydrogen) atoms. The van der Waals surface area contributed by atoms with Gasteiger partial charge in [0.1, 0.15) is 11.5 Å². The van der Waals surface area contributed by atoms with Crippen LogP contribution in [0.1, 0.15) is 24.8 Å². The highest BCUT2D eigenvalue weighted by Gasteiger charge is 2.03. The first-order valence-corrected chi connectivity index (χ1v) is 6.23. The summed E-state index contributed by atoms with van der Waals surface area (Å²) in [6.07, 6.45) is 2.96. The second-order valence-corrected chi connectivity index (χ2v) is 4.41. The second-order valence-electron chi connectivity index (χ2n) is 4.41. The van der Waals surface area contributed by atoms with Gasteiger partial charge >= 0.3 is 0 Å². The smallest absolute Gasteiger partial charge is 0.127 e. The monoisotopic (exact) mass is 238 g/mol. The molecule has 0 bridgehead atoms. The van der Waals surface area contributed by atoms with Crippen LogP contribution in [0.3, 0.4) is 0 Å². The molecular formula is C17H18O. The van der Waals surface area contributed by atoms with Gasteiger partial charge in [-0.1, -0.05) is 43.3 Å². The van der Waals surface area contributed by atoms with Crippen LogP contribution in [0.15, 0.2) is 67.3 Å². The molecule has 0 radical (unpaired) electrons. The predicted molar refractivity (Wildman–Crippen MR) is 76.2 cm³/mol. The normalized spacial score (nSPS) is 11.8. The fourth-order valence-electron chi connectivity index (χ4n) is 1.88. The van der Waals surface area contributed by atoms with Crippen LogP contribution in [0, 0.1) is 0 Å². The van der Waals surface area contributed by atoms with Crippen LogP contribution in [-0.2, 0) is 0 Å². The van der Waals surface area contributed by atoms with E-state index in [-0.39, 0.29) is 0 Å². The SMILES string of the molecule is C=CCC(C)c1ccc(Oc2ccccc2)cc1. The number of allylic oxidation sites excluding steroid dienone is 1. The number of ether oxygens (including phenoxy) is 1. The van der Waals surface area contributed by atoms with Gasteiger partial charge in [0.15, 0.2) is 0 Å². The van der Waals surface area contributed by atoms with Crippen molar-refractivity contribution in [3.8, 4) is 11.5 Å². The molecule has 0 saturated heterocycles. The average molecular weight is 238 g/mol. The van der Waals surface area contributed by atoms with E-state index < -0.39 is 0 Å². The molecular weight excluding hydrogens is 220 g/mol. The van der Waals surface area contributed by atoms with Crippen molar-refractivity contribution in [3.63, 3.8) is 0 Å². The summed E-state index contributed by atoms with van der Waals surface area (Å²) >= 11 is 0. The molecule has 0 amide bonds. The van der Waals surface area contributed by atoms with E-state index >= 15 is 0 Å². The van der Waals surface area contributed by atoms with Gasteiger partial charge in [-0.15, -0.1) is 6.58 Å². The second kappa shape index (κ2) is 6.06. The lowest BCUT2D eigenvalue weighted by atomic mass is 9.98. The quantitative estimate of drug-likeness (QED) is 0.654. The van der Waals surface area contributed by atoms with E-state index in [1.165, 1.54) is 5.56 Å². The maximum absolute atomic E-state index is 5.75. The highest BCUT2D eigenvalue weighted by Crippen LogP contribution is 2.25. The molecule has 0 aliphatic carbocycles. The lowest BCUT2D eigenvalue weighted by Crippen LogP contribution is -1.91. The summed E-state index contributed by atoms with van der Waals surface area (Å²) in [6, 6.07) is 18.1. The summed E-state index contributed by atoms with van der Waals surface area (Å²) in [6.45, 7) is 5.98. The zero-order valence-corrected chi connectivity index (χ0v) is 10.7. The largest absolute Gasteiger partial charge is 0.457 e. The Balaban J connectivity index is 2.06. The van der Waals surface area contributed by atoms with E-state index in [1.54, 1.807) is 0 Å². The number of benzene rings is 2. The van der Waals surface area contributed by atoms with Gasteiger partial charge < -0.3 is 4.74 Å². The maximum Gasteiger partial charge on any atom is 0.127 e. The minimum atomic E-state index is 0.508. The van der Waals surface area contributed by atoms with Gasteiger partial charge in [0.2, 0.25) is 0 Å². The van der Waals surface area contributed by atoms with Gasteiger partial charge in [0, 0.05) is 0 Å². The molecule has 0 N–H and O–H groups in total. The lowest BCUT2D eigenvalue weighted by Gasteiger charge is -2.10.